The molecule has 0 radical (unpaired) electrons. The van der Waals surface area contributed by atoms with Gasteiger partial charge in [0.15, 0.2) is 5.70 Å². The van der Waals surface area contributed by atoms with E-state index in [9.17, 15) is 4.79 Å². The third-order valence-electron chi connectivity index (χ3n) is 5.07. The first-order valence-corrected chi connectivity index (χ1v) is 12.8. The van der Waals surface area contributed by atoms with Gasteiger partial charge in [0, 0.05) is 10.6 Å². The lowest BCUT2D eigenvalue weighted by Crippen LogP contribution is -2.05. The molecule has 4 nitrogen and oxygen atoms in total. The van der Waals surface area contributed by atoms with Crippen LogP contribution in [0.3, 0.4) is 0 Å². The maximum atomic E-state index is 12.4. The lowest BCUT2D eigenvalue weighted by molar-refractivity contribution is -0.129. The molecule has 3 aromatic carbocycles. The van der Waals surface area contributed by atoms with Crippen LogP contribution in [0.2, 0.25) is 5.02 Å². The van der Waals surface area contributed by atoms with Crippen LogP contribution in [-0.2, 0) is 16.1 Å². The topological polar surface area (TPSA) is 47.9 Å². The number of aliphatic imine (C=N–C) groups is 1. The van der Waals surface area contributed by atoms with Crippen molar-refractivity contribution >= 4 is 74.7 Å². The maximum Gasteiger partial charge on any atom is 0.363 e. The molecular formula is C26H20ClI2NO3. The van der Waals surface area contributed by atoms with Crippen LogP contribution in [0.4, 0.5) is 0 Å². The highest BCUT2D eigenvalue weighted by Crippen LogP contribution is 2.31. The predicted octanol–water partition coefficient (Wildman–Crippen LogP) is 7.60. The number of nitrogens with zero attached hydrogens (tertiary/aromatic N) is 1. The largest absolute Gasteiger partial charge is 0.487 e. The Balaban J connectivity index is 1.53. The molecule has 4 rings (SSSR count). The molecule has 3 aromatic rings. The van der Waals surface area contributed by atoms with E-state index in [1.807, 2.05) is 60.7 Å². The summed E-state index contributed by atoms with van der Waals surface area (Å²) in [5, 5.41) is 0.698. The fraction of sp³-hybridized carbons (Fsp3) is 0.154. The normalized spacial score (nSPS) is 14.5. The minimum Gasteiger partial charge on any atom is -0.487 e. The molecule has 168 valence electrons. The van der Waals surface area contributed by atoms with Gasteiger partial charge in [-0.05, 0) is 110 Å². The molecule has 0 aromatic heterocycles. The van der Waals surface area contributed by atoms with Crippen molar-refractivity contribution in [2.75, 3.05) is 0 Å². The molecule has 0 fully saturated rings. The number of ether oxygens (including phenoxy) is 2. The average Bonchev–Trinajstić information content (AvgIpc) is 3.14. The number of hydrogen-bond donors (Lipinski definition) is 0. The number of halogens is 3. The Labute approximate surface area is 225 Å². The van der Waals surface area contributed by atoms with Gasteiger partial charge in [-0.25, -0.2) is 9.79 Å². The van der Waals surface area contributed by atoms with Crippen LogP contribution in [0.15, 0.2) is 71.4 Å². The van der Waals surface area contributed by atoms with Gasteiger partial charge < -0.3 is 9.47 Å². The first-order valence-electron chi connectivity index (χ1n) is 10.3. The Morgan fingerprint density at radius 1 is 1.03 bits per heavy atom. The summed E-state index contributed by atoms with van der Waals surface area (Å²) in [4.78, 5) is 16.8. The van der Waals surface area contributed by atoms with E-state index in [2.05, 4.69) is 64.0 Å². The quantitative estimate of drug-likeness (QED) is 0.153. The van der Waals surface area contributed by atoms with Gasteiger partial charge in [-0.3, -0.25) is 0 Å². The molecule has 0 amide bonds. The molecule has 0 aliphatic carbocycles. The van der Waals surface area contributed by atoms with E-state index >= 15 is 0 Å². The lowest BCUT2D eigenvalue weighted by Gasteiger charge is -2.11. The highest BCUT2D eigenvalue weighted by molar-refractivity contribution is 14.1. The smallest absolute Gasteiger partial charge is 0.363 e. The third-order valence-corrected chi connectivity index (χ3v) is 6.92. The monoisotopic (exact) mass is 683 g/mol. The summed E-state index contributed by atoms with van der Waals surface area (Å²) < 4.78 is 13.3. The SMILES string of the molecule is CC(C)c1ccc(C2=N/C(=C\c3cc(I)c(OCc4ccc(Cl)cc4)c(I)c3)C(=O)O2)cc1. The summed E-state index contributed by atoms with van der Waals surface area (Å²) >= 11 is 10.4. The Kier molecular flexibility index (Phi) is 7.76. The van der Waals surface area contributed by atoms with Crippen molar-refractivity contribution in [2.24, 2.45) is 4.99 Å². The van der Waals surface area contributed by atoms with E-state index in [0.717, 1.165) is 29.6 Å². The second-order valence-corrected chi connectivity index (χ2v) is 10.6. The number of carbonyl (C=O) groups is 1. The zero-order valence-corrected chi connectivity index (χ0v) is 23.0. The van der Waals surface area contributed by atoms with Crippen molar-refractivity contribution in [3.05, 3.63) is 101 Å². The van der Waals surface area contributed by atoms with Gasteiger partial charge in [0.05, 0.1) is 7.14 Å². The molecule has 1 aliphatic heterocycles. The van der Waals surface area contributed by atoms with Gasteiger partial charge in [0.1, 0.15) is 12.4 Å². The highest BCUT2D eigenvalue weighted by atomic mass is 127. The van der Waals surface area contributed by atoms with Gasteiger partial charge in [-0.15, -0.1) is 0 Å². The Morgan fingerprint density at radius 3 is 2.27 bits per heavy atom. The van der Waals surface area contributed by atoms with Gasteiger partial charge in [-0.1, -0.05) is 49.7 Å². The molecule has 0 saturated heterocycles. The van der Waals surface area contributed by atoms with Crippen LogP contribution in [0.5, 0.6) is 5.75 Å². The number of benzene rings is 3. The summed E-state index contributed by atoms with van der Waals surface area (Å²) in [6.45, 7) is 4.72. The molecule has 0 N–H and O–H groups in total. The van der Waals surface area contributed by atoms with E-state index in [-0.39, 0.29) is 5.70 Å². The summed E-state index contributed by atoms with van der Waals surface area (Å²) in [6.07, 6.45) is 1.74. The number of hydrogen-bond acceptors (Lipinski definition) is 4. The van der Waals surface area contributed by atoms with Gasteiger partial charge in [0.25, 0.3) is 0 Å². The second-order valence-electron chi connectivity index (χ2n) is 7.84. The van der Waals surface area contributed by atoms with Crippen molar-refractivity contribution in [1.82, 2.24) is 0 Å². The first-order chi connectivity index (χ1) is 15.8. The second kappa shape index (κ2) is 10.6. The first kappa shape index (κ1) is 24.2. The Morgan fingerprint density at radius 2 is 1.67 bits per heavy atom. The fourth-order valence-corrected chi connectivity index (χ4v) is 5.49. The fourth-order valence-electron chi connectivity index (χ4n) is 3.24. The molecule has 0 atom stereocenters. The standard InChI is InChI=1S/C26H20ClI2NO3/c1-15(2)18-5-7-19(8-6-18)25-30-23(26(31)33-25)13-17-11-21(28)24(22(29)12-17)32-14-16-3-9-20(27)10-4-16/h3-13,15H,14H2,1-2H3/b23-13-. The van der Waals surface area contributed by atoms with Crippen molar-refractivity contribution in [2.45, 2.75) is 26.4 Å². The zero-order chi connectivity index (χ0) is 23.5. The molecule has 1 heterocycles. The third kappa shape index (κ3) is 5.96. The van der Waals surface area contributed by atoms with Crippen LogP contribution in [0.25, 0.3) is 6.08 Å². The zero-order valence-electron chi connectivity index (χ0n) is 17.9. The highest BCUT2D eigenvalue weighted by Gasteiger charge is 2.24. The predicted molar refractivity (Wildman–Crippen MR) is 149 cm³/mol. The van der Waals surface area contributed by atoms with Crippen LogP contribution < -0.4 is 4.74 Å². The molecule has 0 spiro atoms. The van der Waals surface area contributed by atoms with Crippen molar-refractivity contribution in [3.8, 4) is 5.75 Å². The molecule has 33 heavy (non-hydrogen) atoms. The van der Waals surface area contributed by atoms with Crippen LogP contribution >= 0.6 is 56.8 Å². The molecule has 0 bridgehead atoms. The maximum absolute atomic E-state index is 12.4. The van der Waals surface area contributed by atoms with Crippen LogP contribution in [0, 0.1) is 7.14 Å². The van der Waals surface area contributed by atoms with Crippen molar-refractivity contribution in [1.29, 1.82) is 0 Å². The van der Waals surface area contributed by atoms with E-state index in [1.54, 1.807) is 6.08 Å². The Bertz CT molecular complexity index is 1230. The number of rotatable bonds is 6. The van der Waals surface area contributed by atoms with Crippen LogP contribution in [-0.4, -0.2) is 11.9 Å². The number of esters is 1. The van der Waals surface area contributed by atoms with E-state index in [1.165, 1.54) is 5.56 Å². The molecule has 1 aliphatic rings. The number of carbonyl (C=O) groups excluding carboxylic acids is 1. The number of cyclic esters (lactones) is 1. The average molecular weight is 684 g/mol. The van der Waals surface area contributed by atoms with E-state index in [4.69, 9.17) is 21.1 Å². The molecular weight excluding hydrogens is 664 g/mol. The molecule has 0 unspecified atom stereocenters. The lowest BCUT2D eigenvalue weighted by atomic mass is 10.0. The van der Waals surface area contributed by atoms with Gasteiger partial charge >= 0.3 is 5.97 Å². The van der Waals surface area contributed by atoms with E-state index < -0.39 is 5.97 Å². The van der Waals surface area contributed by atoms with Crippen molar-refractivity contribution in [3.63, 3.8) is 0 Å². The minimum atomic E-state index is -0.453. The summed E-state index contributed by atoms with van der Waals surface area (Å²) in [5.74, 6) is 1.11. The summed E-state index contributed by atoms with van der Waals surface area (Å²) in [7, 11) is 0. The van der Waals surface area contributed by atoms with Crippen molar-refractivity contribution < 1.29 is 14.3 Å². The summed E-state index contributed by atoms with van der Waals surface area (Å²) in [6, 6.07) is 19.4. The van der Waals surface area contributed by atoms with Gasteiger partial charge in [-0.2, -0.15) is 0 Å². The summed E-state index contributed by atoms with van der Waals surface area (Å²) in [5.41, 5.74) is 4.18. The van der Waals surface area contributed by atoms with Gasteiger partial charge in [0.2, 0.25) is 5.90 Å². The van der Waals surface area contributed by atoms with Crippen LogP contribution in [0.1, 0.15) is 42.0 Å². The minimum absolute atomic E-state index is 0.277. The molecule has 0 saturated carbocycles. The molecule has 7 heteroatoms. The van der Waals surface area contributed by atoms with E-state index in [0.29, 0.717) is 23.4 Å². The Hall–Kier alpha value is -1.91.